The lowest BCUT2D eigenvalue weighted by Gasteiger charge is -2.34. The van der Waals surface area contributed by atoms with Gasteiger partial charge in [-0.1, -0.05) is 13.3 Å². The summed E-state index contributed by atoms with van der Waals surface area (Å²) in [5.41, 5.74) is 0. The molecule has 1 unspecified atom stereocenters. The number of halogens is 2. The van der Waals surface area contributed by atoms with Gasteiger partial charge in [-0.25, -0.2) is 35.3 Å². The number of aromatic nitrogens is 1. The fourth-order valence-corrected chi connectivity index (χ4v) is 6.24. The van der Waals surface area contributed by atoms with Crippen LogP contribution in [0.1, 0.15) is 26.7 Å². The van der Waals surface area contributed by atoms with E-state index in [1.165, 1.54) is 12.3 Å². The molecule has 0 saturated carbocycles. The molecule has 1 atom stereocenters. The van der Waals surface area contributed by atoms with Crippen LogP contribution in [-0.2, 0) is 20.0 Å². The molecule has 2 heterocycles. The van der Waals surface area contributed by atoms with E-state index >= 15 is 0 Å². The van der Waals surface area contributed by atoms with E-state index in [0.717, 1.165) is 29.3 Å². The number of nitrogens with zero attached hydrogens (tertiary/aromatic N) is 3. The zero-order chi connectivity index (χ0) is 23.5. The Bertz CT molecular complexity index is 1150. The van der Waals surface area contributed by atoms with Gasteiger partial charge in [0.1, 0.15) is 27.2 Å². The van der Waals surface area contributed by atoms with Crippen molar-refractivity contribution in [3.8, 4) is 0 Å². The molecule has 12 heteroatoms. The molecule has 0 amide bonds. The maximum Gasteiger partial charge on any atom is 0.246 e. The monoisotopic (exact) mass is 488 g/mol. The first-order valence-electron chi connectivity index (χ1n) is 10.2. The van der Waals surface area contributed by atoms with Crippen LogP contribution in [0.3, 0.4) is 0 Å². The molecule has 2 aromatic rings. The zero-order valence-corrected chi connectivity index (χ0v) is 19.5. The predicted molar refractivity (Wildman–Crippen MR) is 116 cm³/mol. The lowest BCUT2D eigenvalue weighted by molar-refractivity contribution is 0.381. The molecular weight excluding hydrogens is 462 g/mol. The normalized spacial score (nSPS) is 16.8. The highest BCUT2D eigenvalue weighted by atomic mass is 32.2. The Morgan fingerprint density at radius 3 is 2.34 bits per heavy atom. The van der Waals surface area contributed by atoms with Gasteiger partial charge in [-0.3, -0.25) is 0 Å². The molecule has 0 spiro atoms. The topological polar surface area (TPSA) is 99.7 Å². The molecule has 1 aromatic carbocycles. The van der Waals surface area contributed by atoms with Crippen molar-refractivity contribution in [3.05, 3.63) is 48.2 Å². The largest absolute Gasteiger partial charge is 0.354 e. The number of hydrogen-bond acceptors (Lipinski definition) is 6. The Morgan fingerprint density at radius 2 is 1.75 bits per heavy atom. The number of sulfonamides is 2. The van der Waals surface area contributed by atoms with Crippen molar-refractivity contribution in [2.24, 2.45) is 0 Å². The summed E-state index contributed by atoms with van der Waals surface area (Å²) in [7, 11) is -7.86. The summed E-state index contributed by atoms with van der Waals surface area (Å²) in [6, 6.07) is 5.15. The molecule has 8 nitrogen and oxygen atoms in total. The zero-order valence-electron chi connectivity index (χ0n) is 17.8. The van der Waals surface area contributed by atoms with Gasteiger partial charge in [-0.05, 0) is 43.7 Å². The first-order chi connectivity index (χ1) is 15.0. The molecule has 0 bridgehead atoms. The van der Waals surface area contributed by atoms with Gasteiger partial charge in [0.25, 0.3) is 0 Å². The van der Waals surface area contributed by atoms with E-state index in [1.807, 2.05) is 6.92 Å². The van der Waals surface area contributed by atoms with Crippen LogP contribution in [-0.4, -0.2) is 58.3 Å². The Balaban J connectivity index is 1.67. The van der Waals surface area contributed by atoms with Crippen molar-refractivity contribution in [3.63, 3.8) is 0 Å². The number of piperazine rings is 1. The number of benzene rings is 1. The molecule has 3 rings (SSSR count). The fraction of sp³-hybridized carbons (Fsp3) is 0.450. The van der Waals surface area contributed by atoms with E-state index < -0.39 is 36.6 Å². The number of anilines is 1. The standard InChI is InChI=1S/C20H26F2N4O4S2/c1-3-4-15(2)24-31(27,28)17-6-8-20(23-14-17)25-9-11-26(12-10-25)32(29,30)19-13-16(21)5-7-18(19)22/h5-8,13-15,24H,3-4,9-12H2,1-2H3. The molecule has 0 aliphatic carbocycles. The summed E-state index contributed by atoms with van der Waals surface area (Å²) in [4.78, 5) is 5.38. The molecule has 32 heavy (non-hydrogen) atoms. The van der Waals surface area contributed by atoms with Crippen LogP contribution >= 0.6 is 0 Å². The molecule has 176 valence electrons. The summed E-state index contributed by atoms with van der Waals surface area (Å²) in [5, 5.41) is 0. The van der Waals surface area contributed by atoms with Crippen molar-refractivity contribution in [1.29, 1.82) is 0 Å². The molecule has 0 radical (unpaired) electrons. The van der Waals surface area contributed by atoms with E-state index in [4.69, 9.17) is 0 Å². The minimum absolute atomic E-state index is 0.0481. The van der Waals surface area contributed by atoms with Crippen LogP contribution < -0.4 is 9.62 Å². The molecular formula is C20H26F2N4O4S2. The third kappa shape index (κ3) is 5.42. The van der Waals surface area contributed by atoms with E-state index in [1.54, 1.807) is 17.9 Å². The van der Waals surface area contributed by atoms with E-state index in [9.17, 15) is 25.6 Å². The minimum atomic E-state index is -4.18. The van der Waals surface area contributed by atoms with Gasteiger partial charge in [0.2, 0.25) is 20.0 Å². The van der Waals surface area contributed by atoms with Gasteiger partial charge in [-0.2, -0.15) is 4.31 Å². The number of hydrogen-bond donors (Lipinski definition) is 1. The van der Waals surface area contributed by atoms with Crippen molar-refractivity contribution in [1.82, 2.24) is 14.0 Å². The average molecular weight is 489 g/mol. The Labute approximate surface area is 187 Å². The second-order valence-electron chi connectivity index (χ2n) is 7.63. The maximum absolute atomic E-state index is 14.0. The highest BCUT2D eigenvalue weighted by Gasteiger charge is 2.31. The maximum atomic E-state index is 14.0. The van der Waals surface area contributed by atoms with Gasteiger partial charge in [0.05, 0.1) is 0 Å². The Hall–Kier alpha value is -2.15. The SMILES string of the molecule is CCCC(C)NS(=O)(=O)c1ccc(N2CCN(S(=O)(=O)c3cc(F)ccc3F)CC2)nc1. The van der Waals surface area contributed by atoms with Crippen molar-refractivity contribution < 1.29 is 25.6 Å². The Kier molecular flexibility index (Phi) is 7.48. The summed E-state index contributed by atoms with van der Waals surface area (Å²) in [6.45, 7) is 4.40. The number of nitrogens with one attached hydrogen (secondary N) is 1. The molecule has 1 aliphatic rings. The first kappa shape index (κ1) is 24.5. The van der Waals surface area contributed by atoms with Crippen molar-refractivity contribution >= 4 is 25.9 Å². The van der Waals surface area contributed by atoms with Crippen LogP contribution in [0, 0.1) is 11.6 Å². The molecule has 1 saturated heterocycles. The third-order valence-electron chi connectivity index (χ3n) is 5.18. The summed E-state index contributed by atoms with van der Waals surface area (Å²) >= 11 is 0. The van der Waals surface area contributed by atoms with Gasteiger partial charge < -0.3 is 4.90 Å². The molecule has 1 aliphatic heterocycles. The van der Waals surface area contributed by atoms with Crippen LogP contribution in [0.15, 0.2) is 46.3 Å². The summed E-state index contributed by atoms with van der Waals surface area (Å²) in [6.07, 6.45) is 2.84. The van der Waals surface area contributed by atoms with Crippen LogP contribution in [0.5, 0.6) is 0 Å². The lowest BCUT2D eigenvalue weighted by Crippen LogP contribution is -2.49. The Morgan fingerprint density at radius 1 is 1.06 bits per heavy atom. The predicted octanol–water partition coefficient (Wildman–Crippen LogP) is 2.34. The average Bonchev–Trinajstić information content (AvgIpc) is 2.75. The van der Waals surface area contributed by atoms with Gasteiger partial charge in [0, 0.05) is 38.4 Å². The van der Waals surface area contributed by atoms with Gasteiger partial charge >= 0.3 is 0 Å². The van der Waals surface area contributed by atoms with Crippen LogP contribution in [0.25, 0.3) is 0 Å². The molecule has 1 aromatic heterocycles. The minimum Gasteiger partial charge on any atom is -0.354 e. The summed E-state index contributed by atoms with van der Waals surface area (Å²) < 4.78 is 81.4. The highest BCUT2D eigenvalue weighted by Crippen LogP contribution is 2.23. The summed E-state index contributed by atoms with van der Waals surface area (Å²) in [5.74, 6) is -1.34. The number of rotatable bonds is 8. The lowest BCUT2D eigenvalue weighted by atomic mass is 10.2. The van der Waals surface area contributed by atoms with Crippen LogP contribution in [0.2, 0.25) is 0 Å². The first-order valence-corrected chi connectivity index (χ1v) is 13.2. The quantitative estimate of drug-likeness (QED) is 0.612. The van der Waals surface area contributed by atoms with Crippen molar-refractivity contribution in [2.75, 3.05) is 31.1 Å². The second kappa shape index (κ2) is 9.77. The second-order valence-corrected chi connectivity index (χ2v) is 11.2. The van der Waals surface area contributed by atoms with Gasteiger partial charge in [0.15, 0.2) is 0 Å². The van der Waals surface area contributed by atoms with E-state index in [2.05, 4.69) is 9.71 Å². The van der Waals surface area contributed by atoms with Gasteiger partial charge in [-0.15, -0.1) is 0 Å². The van der Waals surface area contributed by atoms with Crippen LogP contribution in [0.4, 0.5) is 14.6 Å². The van der Waals surface area contributed by atoms with Crippen molar-refractivity contribution in [2.45, 2.75) is 42.5 Å². The van der Waals surface area contributed by atoms with E-state index in [0.29, 0.717) is 11.9 Å². The molecule has 1 N–H and O–H groups in total. The fourth-order valence-electron chi connectivity index (χ4n) is 3.51. The smallest absolute Gasteiger partial charge is 0.246 e. The van der Waals surface area contributed by atoms with E-state index in [-0.39, 0.29) is 37.1 Å². The molecule has 1 fully saturated rings. The number of pyridine rings is 1. The highest BCUT2D eigenvalue weighted by molar-refractivity contribution is 7.89. The third-order valence-corrected chi connectivity index (χ3v) is 8.67.